The zero-order chi connectivity index (χ0) is 11.9. The van der Waals surface area contributed by atoms with Gasteiger partial charge in [0.15, 0.2) is 5.78 Å². The van der Waals surface area contributed by atoms with E-state index in [0.29, 0.717) is 19.3 Å². The van der Waals surface area contributed by atoms with Crippen LogP contribution in [-0.2, 0) is 9.59 Å². The fourth-order valence-corrected chi connectivity index (χ4v) is 1.23. The van der Waals surface area contributed by atoms with Crippen molar-refractivity contribution in [3.63, 3.8) is 0 Å². The summed E-state index contributed by atoms with van der Waals surface area (Å²) in [6.45, 7) is 7.76. The van der Waals surface area contributed by atoms with Gasteiger partial charge >= 0.3 is 0 Å². The lowest BCUT2D eigenvalue weighted by Crippen LogP contribution is -2.23. The van der Waals surface area contributed by atoms with E-state index in [-0.39, 0.29) is 17.0 Å². The first kappa shape index (κ1) is 14.1. The topological polar surface area (TPSA) is 34.1 Å². The molecule has 0 N–H and O–H groups in total. The Labute approximate surface area is 92.8 Å². The van der Waals surface area contributed by atoms with Crippen molar-refractivity contribution in [2.24, 2.45) is 5.41 Å². The third kappa shape index (κ3) is 5.50. The van der Waals surface area contributed by atoms with E-state index in [1.54, 1.807) is 12.2 Å². The van der Waals surface area contributed by atoms with Gasteiger partial charge in [-0.2, -0.15) is 0 Å². The van der Waals surface area contributed by atoms with Crippen LogP contribution in [-0.4, -0.2) is 11.6 Å². The van der Waals surface area contributed by atoms with E-state index < -0.39 is 0 Å². The molecular formula is C13H22O2. The second kappa shape index (κ2) is 6.54. The normalized spacial score (nSPS) is 12.0. The average Bonchev–Trinajstić information content (AvgIpc) is 2.18. The first-order valence-electron chi connectivity index (χ1n) is 5.63. The summed E-state index contributed by atoms with van der Waals surface area (Å²) < 4.78 is 0. The molecule has 0 aromatic heterocycles. The minimum absolute atomic E-state index is 0.111. The highest BCUT2D eigenvalue weighted by Crippen LogP contribution is 2.23. The molecule has 0 aliphatic heterocycles. The van der Waals surface area contributed by atoms with Crippen molar-refractivity contribution in [2.45, 2.75) is 53.4 Å². The van der Waals surface area contributed by atoms with Crippen LogP contribution in [0.2, 0.25) is 0 Å². The van der Waals surface area contributed by atoms with E-state index >= 15 is 0 Å². The number of Topliss-reactive ketones (excluding diaryl/α,β-unsaturated/α-hetero) is 1. The lowest BCUT2D eigenvalue weighted by atomic mass is 9.83. The number of allylic oxidation sites excluding steroid dienone is 2. The van der Waals surface area contributed by atoms with Gasteiger partial charge in [0.1, 0.15) is 5.78 Å². The zero-order valence-corrected chi connectivity index (χ0v) is 10.3. The quantitative estimate of drug-likeness (QED) is 0.604. The Hall–Kier alpha value is -0.920. The molecule has 2 nitrogen and oxygen atoms in total. The van der Waals surface area contributed by atoms with Crippen molar-refractivity contribution >= 4 is 11.6 Å². The fraction of sp³-hybridized carbons (Fsp3) is 0.692. The molecule has 0 saturated heterocycles. The molecule has 0 aromatic carbocycles. The summed E-state index contributed by atoms with van der Waals surface area (Å²) in [5.74, 6) is 0.373. The maximum Gasteiger partial charge on any atom is 0.155 e. The molecule has 86 valence electrons. The molecular weight excluding hydrogens is 188 g/mol. The SMILES string of the molecule is C/C=C/C(=O)CCCC(=O)C(C)(C)CC. The Bertz CT molecular complexity index is 249. The maximum atomic E-state index is 11.7. The van der Waals surface area contributed by atoms with E-state index in [9.17, 15) is 9.59 Å². The minimum atomic E-state index is -0.232. The lowest BCUT2D eigenvalue weighted by Gasteiger charge is -2.20. The Morgan fingerprint density at radius 3 is 2.27 bits per heavy atom. The van der Waals surface area contributed by atoms with Crippen LogP contribution in [0.5, 0.6) is 0 Å². The van der Waals surface area contributed by atoms with Gasteiger partial charge in [0.2, 0.25) is 0 Å². The molecule has 0 aromatic rings. The van der Waals surface area contributed by atoms with Crippen molar-refractivity contribution < 1.29 is 9.59 Å². The summed E-state index contributed by atoms with van der Waals surface area (Å²) in [5, 5.41) is 0. The highest BCUT2D eigenvalue weighted by Gasteiger charge is 2.24. The minimum Gasteiger partial charge on any atom is -0.299 e. The summed E-state index contributed by atoms with van der Waals surface area (Å²) in [7, 11) is 0. The molecule has 15 heavy (non-hydrogen) atoms. The number of hydrogen-bond acceptors (Lipinski definition) is 2. The summed E-state index contributed by atoms with van der Waals surface area (Å²) in [5.41, 5.74) is -0.232. The Morgan fingerprint density at radius 1 is 1.20 bits per heavy atom. The van der Waals surface area contributed by atoms with Crippen molar-refractivity contribution in [1.29, 1.82) is 0 Å². The van der Waals surface area contributed by atoms with E-state index in [4.69, 9.17) is 0 Å². The highest BCUT2D eigenvalue weighted by atomic mass is 16.1. The Kier molecular flexibility index (Phi) is 6.14. The van der Waals surface area contributed by atoms with Gasteiger partial charge in [-0.25, -0.2) is 0 Å². The largest absolute Gasteiger partial charge is 0.299 e. The third-order valence-electron chi connectivity index (χ3n) is 2.82. The summed E-state index contributed by atoms with van der Waals surface area (Å²) in [6.07, 6.45) is 5.83. The van der Waals surface area contributed by atoms with Gasteiger partial charge in [0, 0.05) is 18.3 Å². The van der Waals surface area contributed by atoms with Crippen LogP contribution < -0.4 is 0 Å². The third-order valence-corrected chi connectivity index (χ3v) is 2.82. The van der Waals surface area contributed by atoms with E-state index in [2.05, 4.69) is 0 Å². The van der Waals surface area contributed by atoms with Gasteiger partial charge in [-0.1, -0.05) is 26.8 Å². The molecule has 0 saturated carbocycles. The van der Waals surface area contributed by atoms with Crippen LogP contribution in [0, 0.1) is 5.41 Å². The van der Waals surface area contributed by atoms with Gasteiger partial charge in [0.05, 0.1) is 0 Å². The van der Waals surface area contributed by atoms with Gasteiger partial charge < -0.3 is 0 Å². The monoisotopic (exact) mass is 210 g/mol. The maximum absolute atomic E-state index is 11.7. The van der Waals surface area contributed by atoms with Gasteiger partial charge in [0.25, 0.3) is 0 Å². The number of hydrogen-bond donors (Lipinski definition) is 0. The predicted molar refractivity (Wildman–Crippen MR) is 62.8 cm³/mol. The number of rotatable bonds is 7. The fourth-order valence-electron chi connectivity index (χ4n) is 1.23. The predicted octanol–water partition coefficient (Wildman–Crippen LogP) is 3.31. The number of carbonyl (C=O) groups excluding carboxylic acids is 2. The van der Waals surface area contributed by atoms with Crippen LogP contribution in [0.3, 0.4) is 0 Å². The second-order valence-electron chi connectivity index (χ2n) is 4.48. The number of ketones is 2. The molecule has 0 amide bonds. The molecule has 0 atom stereocenters. The van der Waals surface area contributed by atoms with Crippen molar-refractivity contribution in [3.05, 3.63) is 12.2 Å². The van der Waals surface area contributed by atoms with Crippen molar-refractivity contribution in [3.8, 4) is 0 Å². The van der Waals surface area contributed by atoms with Crippen molar-refractivity contribution in [1.82, 2.24) is 0 Å². The zero-order valence-electron chi connectivity index (χ0n) is 10.3. The molecule has 0 heterocycles. The van der Waals surface area contributed by atoms with E-state index in [1.807, 2.05) is 27.7 Å². The summed E-state index contributed by atoms with van der Waals surface area (Å²) in [4.78, 5) is 22.9. The highest BCUT2D eigenvalue weighted by molar-refractivity contribution is 5.90. The molecule has 0 aliphatic carbocycles. The molecule has 0 bridgehead atoms. The molecule has 0 rings (SSSR count). The molecule has 0 aliphatic rings. The molecule has 0 radical (unpaired) electrons. The Balaban J connectivity index is 3.88. The second-order valence-corrected chi connectivity index (χ2v) is 4.48. The van der Waals surface area contributed by atoms with Gasteiger partial charge in [-0.3, -0.25) is 9.59 Å². The van der Waals surface area contributed by atoms with Gasteiger partial charge in [-0.15, -0.1) is 0 Å². The standard InChI is InChI=1S/C13H22O2/c1-5-8-11(14)9-7-10-12(15)13(3,4)6-2/h5,8H,6-7,9-10H2,1-4H3/b8-5+. The summed E-state index contributed by atoms with van der Waals surface area (Å²) >= 11 is 0. The van der Waals surface area contributed by atoms with Crippen molar-refractivity contribution in [2.75, 3.05) is 0 Å². The first-order valence-corrected chi connectivity index (χ1v) is 5.63. The van der Waals surface area contributed by atoms with Crippen LogP contribution in [0.1, 0.15) is 53.4 Å². The molecule has 2 heteroatoms. The van der Waals surface area contributed by atoms with Crippen LogP contribution in [0.25, 0.3) is 0 Å². The number of carbonyl (C=O) groups is 2. The van der Waals surface area contributed by atoms with E-state index in [0.717, 1.165) is 6.42 Å². The van der Waals surface area contributed by atoms with Crippen LogP contribution >= 0.6 is 0 Å². The first-order chi connectivity index (χ1) is 6.94. The molecule has 0 spiro atoms. The average molecular weight is 210 g/mol. The Morgan fingerprint density at radius 2 is 1.80 bits per heavy atom. The van der Waals surface area contributed by atoms with E-state index in [1.165, 1.54) is 0 Å². The lowest BCUT2D eigenvalue weighted by molar-refractivity contribution is -0.127. The van der Waals surface area contributed by atoms with Crippen LogP contribution in [0.15, 0.2) is 12.2 Å². The van der Waals surface area contributed by atoms with Gasteiger partial charge in [-0.05, 0) is 25.8 Å². The summed E-state index contributed by atoms with van der Waals surface area (Å²) in [6, 6.07) is 0. The molecule has 0 fully saturated rings. The molecule has 0 unspecified atom stereocenters. The smallest absolute Gasteiger partial charge is 0.155 e. The van der Waals surface area contributed by atoms with Crippen LogP contribution in [0.4, 0.5) is 0 Å².